The molecule has 108 valence electrons. The van der Waals surface area contributed by atoms with E-state index in [-0.39, 0.29) is 34.1 Å². The lowest BCUT2D eigenvalue weighted by Gasteiger charge is -2.15. The van der Waals surface area contributed by atoms with Crippen molar-refractivity contribution in [2.24, 2.45) is 5.73 Å². The second-order valence-electron chi connectivity index (χ2n) is 4.06. The maximum absolute atomic E-state index is 12.2. The van der Waals surface area contributed by atoms with Gasteiger partial charge in [0.25, 0.3) is 0 Å². The Morgan fingerprint density at radius 3 is 2.58 bits per heavy atom. The molecule has 1 unspecified atom stereocenters. The highest BCUT2D eigenvalue weighted by Gasteiger charge is 2.22. The molecule has 0 heterocycles. The van der Waals surface area contributed by atoms with Gasteiger partial charge in [0.2, 0.25) is 10.0 Å². The predicted molar refractivity (Wildman–Crippen MR) is 76.0 cm³/mol. The van der Waals surface area contributed by atoms with E-state index in [4.69, 9.17) is 33.7 Å². The fourth-order valence-electron chi connectivity index (χ4n) is 1.57. The summed E-state index contributed by atoms with van der Waals surface area (Å²) in [5.74, 6) is 0. The number of benzene rings is 1. The molecule has 0 bridgehead atoms. The van der Waals surface area contributed by atoms with Gasteiger partial charge in [0.1, 0.15) is 4.90 Å². The lowest BCUT2D eigenvalue weighted by molar-refractivity contribution is 0.180. The van der Waals surface area contributed by atoms with Crippen LogP contribution in [-0.4, -0.2) is 28.2 Å². The molecule has 0 amide bonds. The quantitative estimate of drug-likeness (QED) is 0.834. The van der Waals surface area contributed by atoms with Crippen molar-refractivity contribution in [2.75, 3.05) is 13.7 Å². The molecule has 1 atom stereocenters. The van der Waals surface area contributed by atoms with E-state index < -0.39 is 10.0 Å². The fourth-order valence-corrected chi connectivity index (χ4v) is 3.75. The molecule has 5 nitrogen and oxygen atoms in total. The summed E-state index contributed by atoms with van der Waals surface area (Å²) in [5, 5.41) is 0.355. The van der Waals surface area contributed by atoms with Crippen molar-refractivity contribution >= 4 is 33.2 Å². The van der Waals surface area contributed by atoms with Crippen molar-refractivity contribution in [1.29, 1.82) is 0 Å². The summed E-state index contributed by atoms with van der Waals surface area (Å²) in [6.45, 7) is 2.04. The third-order valence-corrected chi connectivity index (χ3v) is 4.75. The monoisotopic (exact) mass is 326 g/mol. The van der Waals surface area contributed by atoms with Gasteiger partial charge in [-0.2, -0.15) is 0 Å². The van der Waals surface area contributed by atoms with Crippen molar-refractivity contribution in [3.05, 3.63) is 27.7 Å². The summed E-state index contributed by atoms with van der Waals surface area (Å²) >= 11 is 11.9. The zero-order valence-corrected chi connectivity index (χ0v) is 12.9. The van der Waals surface area contributed by atoms with Crippen LogP contribution < -0.4 is 10.5 Å². The standard InChI is InChI=1S/C11H16Cl2N2O3S/c1-7(6-18-2)15-19(16,17)10-4-9(12)3-8(5-14)11(10)13/h3-4,7,15H,5-6,14H2,1-2H3. The third kappa shape index (κ3) is 4.30. The average molecular weight is 327 g/mol. The predicted octanol–water partition coefficient (Wildman–Crippen LogP) is 1.77. The van der Waals surface area contributed by atoms with Crippen LogP contribution in [0.4, 0.5) is 0 Å². The van der Waals surface area contributed by atoms with Crippen LogP contribution in [0.15, 0.2) is 17.0 Å². The highest BCUT2D eigenvalue weighted by atomic mass is 35.5. The number of sulfonamides is 1. The second-order valence-corrected chi connectivity index (χ2v) is 6.56. The van der Waals surface area contributed by atoms with Crippen LogP contribution in [0.1, 0.15) is 12.5 Å². The van der Waals surface area contributed by atoms with Gasteiger partial charge in [0.15, 0.2) is 0 Å². The minimum absolute atomic E-state index is 0.0786. The number of ether oxygens (including phenoxy) is 1. The van der Waals surface area contributed by atoms with E-state index in [1.54, 1.807) is 13.0 Å². The van der Waals surface area contributed by atoms with Gasteiger partial charge in [-0.1, -0.05) is 23.2 Å². The maximum atomic E-state index is 12.2. The largest absolute Gasteiger partial charge is 0.383 e. The second kappa shape index (κ2) is 6.88. The molecule has 0 aromatic heterocycles. The smallest absolute Gasteiger partial charge is 0.242 e. The van der Waals surface area contributed by atoms with Gasteiger partial charge in [-0.15, -0.1) is 0 Å². The van der Waals surface area contributed by atoms with Crippen LogP contribution in [0.5, 0.6) is 0 Å². The van der Waals surface area contributed by atoms with Gasteiger partial charge in [-0.05, 0) is 24.6 Å². The first-order valence-electron chi connectivity index (χ1n) is 5.51. The first kappa shape index (κ1) is 16.7. The molecule has 0 aliphatic heterocycles. The zero-order valence-electron chi connectivity index (χ0n) is 10.6. The summed E-state index contributed by atoms with van der Waals surface area (Å²) in [5.41, 5.74) is 5.98. The van der Waals surface area contributed by atoms with Crippen molar-refractivity contribution in [1.82, 2.24) is 4.72 Å². The van der Waals surface area contributed by atoms with Crippen molar-refractivity contribution in [3.63, 3.8) is 0 Å². The molecular weight excluding hydrogens is 311 g/mol. The van der Waals surface area contributed by atoms with Crippen LogP contribution in [0.25, 0.3) is 0 Å². The lowest BCUT2D eigenvalue weighted by atomic mass is 10.2. The van der Waals surface area contributed by atoms with E-state index >= 15 is 0 Å². The number of hydrogen-bond acceptors (Lipinski definition) is 4. The van der Waals surface area contributed by atoms with Crippen LogP contribution in [0, 0.1) is 0 Å². The highest BCUT2D eigenvalue weighted by molar-refractivity contribution is 7.89. The van der Waals surface area contributed by atoms with Crippen molar-refractivity contribution < 1.29 is 13.2 Å². The molecule has 0 aliphatic rings. The molecule has 1 aromatic carbocycles. The number of methoxy groups -OCH3 is 1. The summed E-state index contributed by atoms with van der Waals surface area (Å²) in [6.07, 6.45) is 0. The van der Waals surface area contributed by atoms with Gasteiger partial charge in [0, 0.05) is 24.7 Å². The molecule has 0 saturated heterocycles. The molecule has 0 aliphatic carbocycles. The molecule has 3 N–H and O–H groups in total. The van der Waals surface area contributed by atoms with Crippen LogP contribution in [0.2, 0.25) is 10.0 Å². The Kier molecular flexibility index (Phi) is 6.04. The Morgan fingerprint density at radius 1 is 1.42 bits per heavy atom. The normalized spacial score (nSPS) is 13.5. The summed E-state index contributed by atoms with van der Waals surface area (Å²) < 4.78 is 31.8. The first-order valence-corrected chi connectivity index (χ1v) is 7.75. The average Bonchev–Trinajstić information content (AvgIpc) is 2.31. The summed E-state index contributed by atoms with van der Waals surface area (Å²) in [6, 6.07) is 2.46. The van der Waals surface area contributed by atoms with E-state index in [9.17, 15) is 8.42 Å². The first-order chi connectivity index (χ1) is 8.81. The van der Waals surface area contributed by atoms with Crippen LogP contribution in [-0.2, 0) is 21.3 Å². The van der Waals surface area contributed by atoms with E-state index in [0.717, 1.165) is 0 Å². The van der Waals surface area contributed by atoms with Gasteiger partial charge in [-0.25, -0.2) is 13.1 Å². The lowest BCUT2D eigenvalue weighted by Crippen LogP contribution is -2.35. The Labute approximate surface area is 123 Å². The number of nitrogens with two attached hydrogens (primary N) is 1. The molecule has 1 rings (SSSR count). The van der Waals surface area contributed by atoms with E-state index in [2.05, 4.69) is 4.72 Å². The molecule has 0 spiro atoms. The van der Waals surface area contributed by atoms with Gasteiger partial charge < -0.3 is 10.5 Å². The topological polar surface area (TPSA) is 81.4 Å². The third-order valence-electron chi connectivity index (χ3n) is 2.36. The van der Waals surface area contributed by atoms with E-state index in [1.807, 2.05) is 0 Å². The van der Waals surface area contributed by atoms with E-state index in [1.165, 1.54) is 13.2 Å². The number of rotatable bonds is 6. The molecular formula is C11H16Cl2N2O3S. The molecule has 0 fully saturated rings. The maximum Gasteiger partial charge on any atom is 0.242 e. The van der Waals surface area contributed by atoms with Gasteiger partial charge >= 0.3 is 0 Å². The Balaban J connectivity index is 3.18. The Bertz CT molecular complexity index is 549. The number of hydrogen-bond donors (Lipinski definition) is 2. The van der Waals surface area contributed by atoms with Crippen LogP contribution >= 0.6 is 23.2 Å². The summed E-state index contributed by atoms with van der Waals surface area (Å²) in [7, 11) is -2.28. The minimum atomic E-state index is -3.77. The molecule has 8 heteroatoms. The van der Waals surface area contributed by atoms with Crippen molar-refractivity contribution in [3.8, 4) is 0 Å². The molecule has 19 heavy (non-hydrogen) atoms. The fraction of sp³-hybridized carbons (Fsp3) is 0.455. The minimum Gasteiger partial charge on any atom is -0.383 e. The summed E-state index contributed by atoms with van der Waals surface area (Å²) in [4.78, 5) is -0.0786. The number of nitrogens with one attached hydrogen (secondary N) is 1. The SMILES string of the molecule is COCC(C)NS(=O)(=O)c1cc(Cl)cc(CN)c1Cl. The van der Waals surface area contributed by atoms with Crippen molar-refractivity contribution in [2.45, 2.75) is 24.4 Å². The highest BCUT2D eigenvalue weighted by Crippen LogP contribution is 2.29. The van der Waals surface area contributed by atoms with Gasteiger partial charge in [0.05, 0.1) is 11.6 Å². The Morgan fingerprint density at radius 2 is 2.05 bits per heavy atom. The molecule has 0 radical (unpaired) electrons. The number of halogens is 2. The Hall–Kier alpha value is -0.370. The zero-order chi connectivity index (χ0) is 14.6. The van der Waals surface area contributed by atoms with Gasteiger partial charge in [-0.3, -0.25) is 0 Å². The molecule has 0 saturated carbocycles. The molecule has 1 aromatic rings. The van der Waals surface area contributed by atoms with E-state index in [0.29, 0.717) is 5.56 Å². The van der Waals surface area contributed by atoms with Crippen LogP contribution in [0.3, 0.4) is 0 Å².